The maximum absolute atomic E-state index is 13.2. The second-order valence-corrected chi connectivity index (χ2v) is 5.86. The van der Waals surface area contributed by atoms with Crippen molar-refractivity contribution in [3.63, 3.8) is 0 Å². The van der Waals surface area contributed by atoms with E-state index in [0.29, 0.717) is 5.56 Å². The first-order valence-corrected chi connectivity index (χ1v) is 7.97. The molecule has 2 aromatic rings. The third-order valence-corrected chi connectivity index (χ3v) is 4.76. The van der Waals surface area contributed by atoms with E-state index in [0.717, 1.165) is 23.7 Å². The Labute approximate surface area is 130 Å². The fraction of sp³-hybridized carbons (Fsp3) is 0.294. The van der Waals surface area contributed by atoms with Gasteiger partial charge in [-0.2, -0.15) is 13.2 Å². The van der Waals surface area contributed by atoms with Crippen LogP contribution in [-0.2, 0) is 17.9 Å². The van der Waals surface area contributed by atoms with Gasteiger partial charge in [0.25, 0.3) is 0 Å². The molecule has 0 aliphatic heterocycles. The van der Waals surface area contributed by atoms with Gasteiger partial charge in [-0.1, -0.05) is 52.3 Å². The van der Waals surface area contributed by atoms with Gasteiger partial charge in [-0.05, 0) is 41.2 Å². The molecule has 0 saturated heterocycles. The van der Waals surface area contributed by atoms with Crippen molar-refractivity contribution < 1.29 is 13.2 Å². The van der Waals surface area contributed by atoms with Gasteiger partial charge in [0.15, 0.2) is 0 Å². The lowest BCUT2D eigenvalue weighted by atomic mass is 9.89. The van der Waals surface area contributed by atoms with Crippen LogP contribution in [0.15, 0.2) is 42.5 Å². The molecule has 1 atom stereocenters. The molecule has 1 unspecified atom stereocenters. The highest BCUT2D eigenvalue weighted by Crippen LogP contribution is 2.44. The van der Waals surface area contributed by atoms with E-state index in [4.69, 9.17) is 0 Å². The molecule has 0 heterocycles. The number of alkyl halides is 4. The molecule has 4 heteroatoms. The molecule has 1 aliphatic carbocycles. The van der Waals surface area contributed by atoms with Crippen LogP contribution >= 0.6 is 15.9 Å². The first kappa shape index (κ1) is 14.6. The van der Waals surface area contributed by atoms with Crippen molar-refractivity contribution in [2.45, 2.75) is 30.3 Å². The van der Waals surface area contributed by atoms with Crippen LogP contribution in [-0.4, -0.2) is 0 Å². The lowest BCUT2D eigenvalue weighted by molar-refractivity contribution is -0.138. The smallest absolute Gasteiger partial charge is 0.166 e. The standard InChI is InChI=1S/C17H14BrF3/c18-10-11-4-3-6-13-12(11)8-9-14(13)15-5-1-2-7-16(15)17(19,20)21/h1-7,14H,8-10H2. The Kier molecular flexibility index (Phi) is 3.82. The molecule has 0 nitrogen and oxygen atoms in total. The summed E-state index contributed by atoms with van der Waals surface area (Å²) in [6.45, 7) is 0. The van der Waals surface area contributed by atoms with Gasteiger partial charge in [0.2, 0.25) is 0 Å². The zero-order valence-electron chi connectivity index (χ0n) is 11.3. The van der Waals surface area contributed by atoms with Crippen molar-refractivity contribution in [1.29, 1.82) is 0 Å². The van der Waals surface area contributed by atoms with Crippen molar-refractivity contribution >= 4 is 15.9 Å². The van der Waals surface area contributed by atoms with Gasteiger partial charge in [-0.15, -0.1) is 0 Å². The Balaban J connectivity index is 2.11. The maximum Gasteiger partial charge on any atom is 0.416 e. The summed E-state index contributed by atoms with van der Waals surface area (Å²) in [6.07, 6.45) is -2.72. The van der Waals surface area contributed by atoms with Gasteiger partial charge in [0.1, 0.15) is 0 Å². The van der Waals surface area contributed by atoms with Gasteiger partial charge >= 0.3 is 6.18 Å². The van der Waals surface area contributed by atoms with E-state index in [2.05, 4.69) is 15.9 Å². The van der Waals surface area contributed by atoms with Gasteiger partial charge in [-0.25, -0.2) is 0 Å². The molecule has 110 valence electrons. The highest BCUT2D eigenvalue weighted by molar-refractivity contribution is 9.08. The van der Waals surface area contributed by atoms with Crippen molar-refractivity contribution in [2.24, 2.45) is 0 Å². The predicted octanol–water partition coefficient (Wildman–Crippen LogP) is 5.68. The third kappa shape index (κ3) is 2.61. The minimum absolute atomic E-state index is 0.156. The summed E-state index contributed by atoms with van der Waals surface area (Å²) >= 11 is 3.45. The van der Waals surface area contributed by atoms with E-state index >= 15 is 0 Å². The molecule has 0 fully saturated rings. The summed E-state index contributed by atoms with van der Waals surface area (Å²) in [6, 6.07) is 11.9. The first-order valence-electron chi connectivity index (χ1n) is 6.85. The Morgan fingerprint density at radius 1 is 1.00 bits per heavy atom. The van der Waals surface area contributed by atoms with E-state index in [1.54, 1.807) is 12.1 Å². The van der Waals surface area contributed by atoms with Crippen LogP contribution in [0.1, 0.15) is 40.2 Å². The van der Waals surface area contributed by atoms with Gasteiger partial charge in [0.05, 0.1) is 5.56 Å². The molecular formula is C17H14BrF3. The largest absolute Gasteiger partial charge is 0.416 e. The lowest BCUT2D eigenvalue weighted by Crippen LogP contribution is -2.11. The molecule has 0 N–H and O–H groups in total. The first-order chi connectivity index (χ1) is 10.0. The Bertz CT molecular complexity index is 661. The highest BCUT2D eigenvalue weighted by Gasteiger charge is 2.37. The van der Waals surface area contributed by atoms with Crippen molar-refractivity contribution in [1.82, 2.24) is 0 Å². The normalized spacial score (nSPS) is 17.8. The van der Waals surface area contributed by atoms with Crippen molar-refractivity contribution in [2.75, 3.05) is 0 Å². The zero-order valence-corrected chi connectivity index (χ0v) is 12.8. The highest BCUT2D eigenvalue weighted by atomic mass is 79.9. The van der Waals surface area contributed by atoms with E-state index < -0.39 is 11.7 Å². The van der Waals surface area contributed by atoms with E-state index in [1.165, 1.54) is 23.3 Å². The molecule has 0 bridgehead atoms. The molecular weight excluding hydrogens is 341 g/mol. The maximum atomic E-state index is 13.2. The number of hydrogen-bond donors (Lipinski definition) is 0. The molecule has 1 aliphatic rings. The Morgan fingerprint density at radius 2 is 1.71 bits per heavy atom. The summed E-state index contributed by atoms with van der Waals surface area (Å²) in [5.41, 5.74) is 3.32. The van der Waals surface area contributed by atoms with Gasteiger partial charge in [-0.3, -0.25) is 0 Å². The minimum atomic E-state index is -4.30. The van der Waals surface area contributed by atoms with E-state index in [1.807, 2.05) is 18.2 Å². The van der Waals surface area contributed by atoms with Crippen molar-refractivity contribution in [3.8, 4) is 0 Å². The van der Waals surface area contributed by atoms with Crippen LogP contribution in [0.5, 0.6) is 0 Å². The average Bonchev–Trinajstić information content (AvgIpc) is 2.90. The van der Waals surface area contributed by atoms with Gasteiger partial charge < -0.3 is 0 Å². The average molecular weight is 355 g/mol. The number of halogens is 4. The Hall–Kier alpha value is -1.29. The summed E-state index contributed by atoms with van der Waals surface area (Å²) in [7, 11) is 0. The second-order valence-electron chi connectivity index (χ2n) is 5.29. The number of benzene rings is 2. The van der Waals surface area contributed by atoms with Crippen molar-refractivity contribution in [3.05, 3.63) is 70.3 Å². The second kappa shape index (κ2) is 5.48. The molecule has 0 amide bonds. The quantitative estimate of drug-likeness (QED) is 0.608. The number of rotatable bonds is 2. The fourth-order valence-corrected chi connectivity index (χ4v) is 3.76. The number of hydrogen-bond acceptors (Lipinski definition) is 0. The van der Waals surface area contributed by atoms with Gasteiger partial charge in [0, 0.05) is 11.2 Å². The minimum Gasteiger partial charge on any atom is -0.166 e. The molecule has 0 aromatic heterocycles. The van der Waals surface area contributed by atoms with Crippen LogP contribution in [0, 0.1) is 0 Å². The summed E-state index contributed by atoms with van der Waals surface area (Å²) in [5, 5.41) is 0.740. The van der Waals surface area contributed by atoms with Crippen LogP contribution < -0.4 is 0 Å². The molecule has 0 radical (unpaired) electrons. The van der Waals surface area contributed by atoms with Crippen LogP contribution in [0.3, 0.4) is 0 Å². The fourth-order valence-electron chi connectivity index (χ4n) is 3.24. The summed E-state index contributed by atoms with van der Waals surface area (Å²) in [4.78, 5) is 0. The molecule has 3 rings (SSSR count). The third-order valence-electron chi connectivity index (χ3n) is 4.15. The van der Waals surface area contributed by atoms with Crippen LogP contribution in [0.2, 0.25) is 0 Å². The Morgan fingerprint density at radius 3 is 2.43 bits per heavy atom. The summed E-state index contributed by atoms with van der Waals surface area (Å²) in [5.74, 6) is -0.156. The SMILES string of the molecule is FC(F)(F)c1ccccc1C1CCc2c(CBr)cccc21. The predicted molar refractivity (Wildman–Crippen MR) is 80.7 cm³/mol. The monoisotopic (exact) mass is 354 g/mol. The molecule has 0 spiro atoms. The van der Waals surface area contributed by atoms with E-state index in [9.17, 15) is 13.2 Å². The van der Waals surface area contributed by atoms with E-state index in [-0.39, 0.29) is 5.92 Å². The zero-order chi connectivity index (χ0) is 15.0. The molecule has 0 saturated carbocycles. The van der Waals surface area contributed by atoms with Crippen LogP contribution in [0.4, 0.5) is 13.2 Å². The lowest BCUT2D eigenvalue weighted by Gasteiger charge is -2.19. The molecule has 2 aromatic carbocycles. The summed E-state index contributed by atoms with van der Waals surface area (Å²) < 4.78 is 39.6. The van der Waals surface area contributed by atoms with Crippen LogP contribution in [0.25, 0.3) is 0 Å². The number of fused-ring (bicyclic) bond motifs is 1. The topological polar surface area (TPSA) is 0 Å². The molecule has 21 heavy (non-hydrogen) atoms.